The number of hydrogen-bond donors (Lipinski definition) is 1. The Labute approximate surface area is 116 Å². The van der Waals surface area contributed by atoms with E-state index in [4.69, 9.17) is 9.47 Å². The Morgan fingerprint density at radius 3 is 2.84 bits per heavy atom. The molecule has 1 aliphatic carbocycles. The third-order valence-corrected chi connectivity index (χ3v) is 5.13. The molecule has 0 aromatic heterocycles. The summed E-state index contributed by atoms with van der Waals surface area (Å²) >= 11 is 0. The van der Waals surface area contributed by atoms with E-state index < -0.39 is 0 Å². The van der Waals surface area contributed by atoms with E-state index in [9.17, 15) is 5.11 Å². The Kier molecular flexibility index (Phi) is 4.42. The summed E-state index contributed by atoms with van der Waals surface area (Å²) in [6.45, 7) is 4.68. The summed E-state index contributed by atoms with van der Waals surface area (Å²) in [4.78, 5) is 2.58. The fraction of sp³-hybridized carbons (Fsp3) is 1.00. The van der Waals surface area contributed by atoms with Crippen molar-refractivity contribution in [1.29, 1.82) is 0 Å². The maximum Gasteiger partial charge on any atom is 0.0730 e. The van der Waals surface area contributed by atoms with Crippen molar-refractivity contribution in [1.82, 2.24) is 4.90 Å². The van der Waals surface area contributed by atoms with Gasteiger partial charge in [-0.05, 0) is 25.7 Å². The predicted octanol–water partition coefficient (Wildman–Crippen LogP) is 1.42. The van der Waals surface area contributed by atoms with Gasteiger partial charge >= 0.3 is 0 Å². The fourth-order valence-corrected chi connectivity index (χ4v) is 4.01. The molecule has 0 amide bonds. The topological polar surface area (TPSA) is 41.9 Å². The number of aliphatic hydroxyl groups excluding tert-OH is 1. The number of fused-ring (bicyclic) bond motifs is 1. The van der Waals surface area contributed by atoms with Crippen LogP contribution in [0.15, 0.2) is 0 Å². The summed E-state index contributed by atoms with van der Waals surface area (Å²) < 4.78 is 11.6. The highest BCUT2D eigenvalue weighted by atomic mass is 16.5. The first-order chi connectivity index (χ1) is 9.33. The second kappa shape index (κ2) is 6.08. The molecule has 3 fully saturated rings. The van der Waals surface area contributed by atoms with Gasteiger partial charge in [-0.25, -0.2) is 0 Å². The molecule has 0 aromatic carbocycles. The molecule has 0 spiro atoms. The first-order valence-corrected chi connectivity index (χ1v) is 7.87. The van der Waals surface area contributed by atoms with Gasteiger partial charge in [0.05, 0.1) is 25.9 Å². The van der Waals surface area contributed by atoms with E-state index in [0.717, 1.165) is 45.8 Å². The van der Waals surface area contributed by atoms with E-state index >= 15 is 0 Å². The summed E-state index contributed by atoms with van der Waals surface area (Å²) in [7, 11) is 0. The van der Waals surface area contributed by atoms with E-state index in [1.54, 1.807) is 0 Å². The average molecular weight is 269 g/mol. The van der Waals surface area contributed by atoms with Crippen LogP contribution in [0.3, 0.4) is 0 Å². The minimum absolute atomic E-state index is 0.0302. The Morgan fingerprint density at radius 2 is 2.05 bits per heavy atom. The quantitative estimate of drug-likeness (QED) is 0.841. The van der Waals surface area contributed by atoms with Crippen LogP contribution in [-0.4, -0.2) is 61.7 Å². The van der Waals surface area contributed by atoms with E-state index in [1.165, 1.54) is 25.7 Å². The number of rotatable bonds is 3. The van der Waals surface area contributed by atoms with E-state index in [-0.39, 0.29) is 12.0 Å². The first kappa shape index (κ1) is 13.8. The molecule has 2 saturated heterocycles. The minimum Gasteiger partial charge on any atom is -0.396 e. The summed E-state index contributed by atoms with van der Waals surface area (Å²) in [6, 6.07) is 0.577. The van der Waals surface area contributed by atoms with E-state index in [0.29, 0.717) is 12.1 Å². The van der Waals surface area contributed by atoms with Gasteiger partial charge in [0.1, 0.15) is 0 Å². The minimum atomic E-state index is -0.0302. The van der Waals surface area contributed by atoms with Gasteiger partial charge in [0.2, 0.25) is 0 Å². The van der Waals surface area contributed by atoms with Crippen LogP contribution in [0.25, 0.3) is 0 Å². The third kappa shape index (κ3) is 2.97. The zero-order valence-corrected chi connectivity index (χ0v) is 11.9. The molecular weight excluding hydrogens is 242 g/mol. The predicted molar refractivity (Wildman–Crippen MR) is 73.1 cm³/mol. The maximum atomic E-state index is 9.83. The van der Waals surface area contributed by atoms with Crippen LogP contribution in [0.5, 0.6) is 0 Å². The molecule has 19 heavy (non-hydrogen) atoms. The molecule has 110 valence electrons. The van der Waals surface area contributed by atoms with Crippen molar-refractivity contribution in [3.8, 4) is 0 Å². The second-order valence-corrected chi connectivity index (χ2v) is 6.55. The summed E-state index contributed by atoms with van der Waals surface area (Å²) in [5.41, 5.74) is -0.0302. The van der Waals surface area contributed by atoms with Gasteiger partial charge in [-0.1, -0.05) is 12.8 Å². The normalized spacial score (nSPS) is 40.9. The van der Waals surface area contributed by atoms with Gasteiger partial charge in [-0.3, -0.25) is 4.90 Å². The van der Waals surface area contributed by atoms with Gasteiger partial charge in [0, 0.05) is 31.2 Å². The number of hydrogen-bond acceptors (Lipinski definition) is 4. The Hall–Kier alpha value is -0.160. The second-order valence-electron chi connectivity index (χ2n) is 6.55. The molecule has 4 heteroatoms. The van der Waals surface area contributed by atoms with Crippen molar-refractivity contribution in [2.24, 2.45) is 5.41 Å². The van der Waals surface area contributed by atoms with Crippen LogP contribution in [0.1, 0.15) is 38.5 Å². The SMILES string of the molecule is OCC1(CN2CCOC3CCCCC32)CCCOC1. The fourth-order valence-electron chi connectivity index (χ4n) is 4.01. The Bertz CT molecular complexity index is 289. The number of ether oxygens (including phenoxy) is 2. The van der Waals surface area contributed by atoms with Gasteiger partial charge in [0.15, 0.2) is 0 Å². The molecule has 4 nitrogen and oxygen atoms in total. The number of aliphatic hydroxyl groups is 1. The lowest BCUT2D eigenvalue weighted by atomic mass is 9.81. The summed E-state index contributed by atoms with van der Waals surface area (Å²) in [5, 5.41) is 9.83. The molecule has 0 aromatic rings. The smallest absolute Gasteiger partial charge is 0.0730 e. The summed E-state index contributed by atoms with van der Waals surface area (Å²) in [5.74, 6) is 0. The lowest BCUT2D eigenvalue weighted by Crippen LogP contribution is -2.57. The first-order valence-electron chi connectivity index (χ1n) is 7.87. The average Bonchev–Trinajstić information content (AvgIpc) is 2.49. The molecular formula is C15H27NO3. The number of morpholine rings is 1. The molecule has 3 unspecified atom stereocenters. The largest absolute Gasteiger partial charge is 0.396 e. The van der Waals surface area contributed by atoms with Crippen molar-refractivity contribution in [3.05, 3.63) is 0 Å². The molecule has 3 atom stereocenters. The van der Waals surface area contributed by atoms with Crippen molar-refractivity contribution in [2.75, 3.05) is 39.5 Å². The van der Waals surface area contributed by atoms with Crippen molar-refractivity contribution in [3.63, 3.8) is 0 Å². The van der Waals surface area contributed by atoms with Gasteiger partial charge in [0.25, 0.3) is 0 Å². The highest BCUT2D eigenvalue weighted by Gasteiger charge is 2.40. The van der Waals surface area contributed by atoms with Gasteiger partial charge in [-0.2, -0.15) is 0 Å². The van der Waals surface area contributed by atoms with Crippen LogP contribution in [0.2, 0.25) is 0 Å². The molecule has 2 aliphatic heterocycles. The van der Waals surface area contributed by atoms with Crippen LogP contribution in [0, 0.1) is 5.41 Å². The molecule has 0 radical (unpaired) electrons. The van der Waals surface area contributed by atoms with Gasteiger partial charge < -0.3 is 14.6 Å². The monoisotopic (exact) mass is 269 g/mol. The van der Waals surface area contributed by atoms with Crippen molar-refractivity contribution in [2.45, 2.75) is 50.7 Å². The lowest BCUT2D eigenvalue weighted by molar-refractivity contribution is -0.121. The number of nitrogens with zero attached hydrogens (tertiary/aromatic N) is 1. The highest BCUT2D eigenvalue weighted by molar-refractivity contribution is 4.92. The zero-order chi connectivity index (χ0) is 13.1. The molecule has 3 aliphatic rings. The lowest BCUT2D eigenvalue weighted by Gasteiger charge is -2.48. The van der Waals surface area contributed by atoms with Crippen molar-refractivity contribution < 1.29 is 14.6 Å². The zero-order valence-electron chi connectivity index (χ0n) is 11.9. The Morgan fingerprint density at radius 1 is 1.16 bits per heavy atom. The van der Waals surface area contributed by atoms with E-state index in [1.807, 2.05) is 0 Å². The maximum absolute atomic E-state index is 9.83. The molecule has 3 rings (SSSR count). The van der Waals surface area contributed by atoms with Crippen LogP contribution in [-0.2, 0) is 9.47 Å². The molecule has 2 heterocycles. The van der Waals surface area contributed by atoms with Crippen molar-refractivity contribution >= 4 is 0 Å². The van der Waals surface area contributed by atoms with Crippen LogP contribution in [0.4, 0.5) is 0 Å². The highest BCUT2D eigenvalue weighted by Crippen LogP contribution is 2.34. The Balaban J connectivity index is 1.66. The molecule has 1 saturated carbocycles. The van der Waals surface area contributed by atoms with Crippen LogP contribution >= 0.6 is 0 Å². The molecule has 0 bridgehead atoms. The molecule has 1 N–H and O–H groups in total. The van der Waals surface area contributed by atoms with Crippen LogP contribution < -0.4 is 0 Å². The summed E-state index contributed by atoms with van der Waals surface area (Å²) in [6.07, 6.45) is 7.71. The van der Waals surface area contributed by atoms with E-state index in [2.05, 4.69) is 4.90 Å². The van der Waals surface area contributed by atoms with Gasteiger partial charge in [-0.15, -0.1) is 0 Å². The standard InChI is InChI=1S/C15H27NO3/c17-11-15(6-3-8-18-12-15)10-16-7-9-19-14-5-2-1-4-13(14)16/h13-14,17H,1-12H2. The third-order valence-electron chi connectivity index (χ3n) is 5.13.